The summed E-state index contributed by atoms with van der Waals surface area (Å²) in [6.45, 7) is 0. The first-order chi connectivity index (χ1) is 12.8. The standard InChI is InChI=1S/C18H11Br2N/c19-12-10-15(20)18-14-8-4-5-9-16(14)21(17(18)11-12)13-6-2-1-3-7-13/h1-11H/i4D,5D,8D,9D,10D,11D. The molecule has 21 heavy (non-hydrogen) atoms. The molecule has 0 unspecified atom stereocenters. The molecule has 0 atom stereocenters. The van der Waals surface area contributed by atoms with Gasteiger partial charge in [-0.25, -0.2) is 0 Å². The van der Waals surface area contributed by atoms with Crippen LogP contribution in [0.25, 0.3) is 27.5 Å². The average molecular weight is 407 g/mol. The third-order valence-electron chi connectivity index (χ3n) is 3.28. The Morgan fingerprint density at radius 1 is 0.905 bits per heavy atom. The molecule has 0 saturated carbocycles. The van der Waals surface area contributed by atoms with Gasteiger partial charge in [-0.3, -0.25) is 0 Å². The van der Waals surface area contributed by atoms with Gasteiger partial charge in [0, 0.05) is 25.4 Å². The second kappa shape index (κ2) is 5.00. The second-order valence-corrected chi connectivity index (χ2v) is 6.08. The van der Waals surface area contributed by atoms with Crippen LogP contribution >= 0.6 is 31.9 Å². The van der Waals surface area contributed by atoms with Gasteiger partial charge >= 0.3 is 0 Å². The summed E-state index contributed by atoms with van der Waals surface area (Å²) in [6, 6.07) is 8.20. The normalized spacial score (nSPS) is 15.3. The van der Waals surface area contributed by atoms with Crippen LogP contribution in [0.3, 0.4) is 0 Å². The fourth-order valence-corrected chi connectivity index (χ4v) is 3.69. The molecule has 0 fully saturated rings. The molecule has 3 heteroatoms. The first kappa shape index (κ1) is 8.16. The van der Waals surface area contributed by atoms with Crippen LogP contribution in [0, 0.1) is 0 Å². The van der Waals surface area contributed by atoms with Gasteiger partial charge in [-0.05, 0) is 30.3 Å². The summed E-state index contributed by atoms with van der Waals surface area (Å²) in [7, 11) is 0. The van der Waals surface area contributed by atoms with E-state index in [9.17, 15) is 0 Å². The summed E-state index contributed by atoms with van der Waals surface area (Å²) in [5.74, 6) is 0. The van der Waals surface area contributed by atoms with E-state index in [1.165, 1.54) is 0 Å². The molecule has 0 radical (unpaired) electrons. The van der Waals surface area contributed by atoms with Crippen LogP contribution < -0.4 is 0 Å². The Hall–Kier alpha value is -1.58. The number of hydrogen-bond acceptors (Lipinski definition) is 0. The lowest BCUT2D eigenvalue weighted by Crippen LogP contribution is -1.92. The van der Waals surface area contributed by atoms with Crippen molar-refractivity contribution in [2.45, 2.75) is 0 Å². The third kappa shape index (κ3) is 2.03. The predicted molar refractivity (Wildman–Crippen MR) is 96.2 cm³/mol. The van der Waals surface area contributed by atoms with Gasteiger partial charge in [0.15, 0.2) is 0 Å². The van der Waals surface area contributed by atoms with E-state index in [4.69, 9.17) is 8.22 Å². The molecule has 3 aromatic carbocycles. The number of hydrogen-bond donors (Lipinski definition) is 0. The molecule has 0 bridgehead atoms. The van der Waals surface area contributed by atoms with E-state index in [2.05, 4.69) is 31.9 Å². The summed E-state index contributed by atoms with van der Waals surface area (Å²) in [4.78, 5) is 0. The topological polar surface area (TPSA) is 4.93 Å². The first-order valence-electron chi connectivity index (χ1n) is 9.21. The monoisotopic (exact) mass is 405 g/mol. The SMILES string of the molecule is [2H]c1c([2H])c([2H])c2c(c1[2H])c1c(Br)c([2H])c(Br)c([2H])c1n2-c1ccccc1. The first-order valence-corrected chi connectivity index (χ1v) is 7.80. The van der Waals surface area contributed by atoms with E-state index in [1.807, 2.05) is 30.3 Å². The zero-order chi connectivity index (χ0) is 19.6. The van der Waals surface area contributed by atoms with E-state index in [0.717, 1.165) is 0 Å². The fraction of sp³-hybridized carbons (Fsp3) is 0. The summed E-state index contributed by atoms with van der Waals surface area (Å²) in [5, 5.41) is 0.722. The molecule has 0 aliphatic rings. The van der Waals surface area contributed by atoms with Crippen LogP contribution in [0.2, 0.25) is 0 Å². The molecule has 0 N–H and O–H groups in total. The lowest BCUT2D eigenvalue weighted by molar-refractivity contribution is 1.18. The summed E-state index contributed by atoms with van der Waals surface area (Å²) >= 11 is 6.70. The lowest BCUT2D eigenvalue weighted by atomic mass is 10.2. The number of halogens is 2. The van der Waals surface area contributed by atoms with Crippen molar-refractivity contribution in [3.8, 4) is 5.69 Å². The highest BCUT2D eigenvalue weighted by Gasteiger charge is 2.14. The van der Waals surface area contributed by atoms with Crippen molar-refractivity contribution in [3.63, 3.8) is 0 Å². The molecule has 0 spiro atoms. The van der Waals surface area contributed by atoms with Crippen LogP contribution in [0.5, 0.6) is 0 Å². The van der Waals surface area contributed by atoms with Gasteiger partial charge in [-0.15, -0.1) is 0 Å². The lowest BCUT2D eigenvalue weighted by Gasteiger charge is -2.07. The van der Waals surface area contributed by atoms with Crippen molar-refractivity contribution in [2.24, 2.45) is 0 Å². The Balaban J connectivity index is 2.45. The Morgan fingerprint density at radius 3 is 2.48 bits per heavy atom. The van der Waals surface area contributed by atoms with Gasteiger partial charge in [0.1, 0.15) is 0 Å². The highest BCUT2D eigenvalue weighted by Crippen LogP contribution is 2.38. The molecule has 0 saturated heterocycles. The number of rotatable bonds is 1. The Kier molecular flexibility index (Phi) is 1.94. The van der Waals surface area contributed by atoms with E-state index < -0.39 is 0 Å². The quantitative estimate of drug-likeness (QED) is 0.349. The van der Waals surface area contributed by atoms with E-state index in [-0.39, 0.29) is 46.2 Å². The molecule has 0 aliphatic carbocycles. The van der Waals surface area contributed by atoms with Gasteiger partial charge in [-0.2, -0.15) is 0 Å². The van der Waals surface area contributed by atoms with E-state index in [0.29, 0.717) is 26.4 Å². The van der Waals surface area contributed by atoms with Gasteiger partial charge in [0.05, 0.1) is 19.3 Å². The Morgan fingerprint density at radius 2 is 1.67 bits per heavy atom. The van der Waals surface area contributed by atoms with Crippen molar-refractivity contribution >= 4 is 53.7 Å². The molecule has 1 aromatic heterocycles. The number of para-hydroxylation sites is 2. The van der Waals surface area contributed by atoms with Crippen molar-refractivity contribution < 1.29 is 8.22 Å². The van der Waals surface area contributed by atoms with Gasteiger partial charge in [0.2, 0.25) is 0 Å². The maximum Gasteiger partial charge on any atom is 0.0657 e. The van der Waals surface area contributed by atoms with Crippen LogP contribution in [-0.4, -0.2) is 4.57 Å². The van der Waals surface area contributed by atoms with E-state index >= 15 is 0 Å². The Bertz CT molecular complexity index is 1170. The molecular formula is C18H11Br2N. The molecule has 4 aromatic rings. The van der Waals surface area contributed by atoms with Crippen molar-refractivity contribution in [1.82, 2.24) is 4.57 Å². The number of fused-ring (bicyclic) bond motifs is 3. The maximum absolute atomic E-state index is 8.57. The minimum absolute atomic E-state index is 0.0510. The van der Waals surface area contributed by atoms with Crippen LogP contribution in [0.4, 0.5) is 0 Å². The number of nitrogens with zero attached hydrogens (tertiary/aromatic N) is 1. The summed E-state index contributed by atoms with van der Waals surface area (Å²) in [6.07, 6.45) is 0. The molecule has 0 amide bonds. The zero-order valence-corrected chi connectivity index (χ0v) is 13.8. The zero-order valence-electron chi connectivity index (χ0n) is 16.6. The minimum atomic E-state index is -0.340. The van der Waals surface area contributed by atoms with Gasteiger partial charge in [-0.1, -0.05) is 68.2 Å². The maximum atomic E-state index is 8.57. The molecule has 0 aliphatic heterocycles. The van der Waals surface area contributed by atoms with Crippen molar-refractivity contribution in [2.75, 3.05) is 0 Å². The largest absolute Gasteiger partial charge is 0.309 e. The third-order valence-corrected chi connectivity index (χ3v) is 4.27. The summed E-state index contributed by atoms with van der Waals surface area (Å²) < 4.78 is 52.2. The van der Waals surface area contributed by atoms with Crippen LogP contribution in [0.15, 0.2) is 75.5 Å². The average Bonchev–Trinajstić information content (AvgIpc) is 3.04. The van der Waals surface area contributed by atoms with E-state index in [1.54, 1.807) is 4.57 Å². The number of benzene rings is 3. The summed E-state index contributed by atoms with van der Waals surface area (Å²) in [5.41, 5.74) is 1.37. The highest BCUT2D eigenvalue weighted by molar-refractivity contribution is 9.11. The van der Waals surface area contributed by atoms with Crippen LogP contribution in [0.1, 0.15) is 8.22 Å². The van der Waals surface area contributed by atoms with Crippen LogP contribution in [-0.2, 0) is 0 Å². The van der Waals surface area contributed by atoms with Gasteiger partial charge in [0.25, 0.3) is 0 Å². The minimum Gasteiger partial charge on any atom is -0.309 e. The molecule has 4 rings (SSSR count). The van der Waals surface area contributed by atoms with Crippen molar-refractivity contribution in [1.29, 1.82) is 0 Å². The molecule has 1 nitrogen and oxygen atoms in total. The fourth-order valence-electron chi connectivity index (χ4n) is 2.46. The number of aromatic nitrogens is 1. The smallest absolute Gasteiger partial charge is 0.0657 e. The van der Waals surface area contributed by atoms with Crippen molar-refractivity contribution in [3.05, 3.63) is 75.5 Å². The molecular weight excluding hydrogens is 390 g/mol. The molecule has 1 heterocycles. The second-order valence-electron chi connectivity index (χ2n) is 4.50. The highest BCUT2D eigenvalue weighted by atomic mass is 79.9. The molecule has 102 valence electrons. The van der Waals surface area contributed by atoms with Gasteiger partial charge < -0.3 is 4.57 Å². The Labute approximate surface area is 147 Å². The predicted octanol–water partition coefficient (Wildman–Crippen LogP) is 6.31.